The van der Waals surface area contributed by atoms with E-state index in [0.717, 1.165) is 12.8 Å². The Bertz CT molecular complexity index is 3030. The summed E-state index contributed by atoms with van der Waals surface area (Å²) in [6.45, 7) is 4.77. The molecule has 0 aromatic heterocycles. The number of hydrogen-bond donors (Lipinski definition) is 0. The number of allylic oxidation sites excluding steroid dienone is 3. The van der Waals surface area contributed by atoms with E-state index in [1.807, 2.05) is 0 Å². The summed E-state index contributed by atoms with van der Waals surface area (Å²) in [5, 5.41) is 2.59. The van der Waals surface area contributed by atoms with Crippen LogP contribution in [0, 0.1) is 0 Å². The van der Waals surface area contributed by atoms with Crippen LogP contribution in [0.1, 0.15) is 60.1 Å². The van der Waals surface area contributed by atoms with Crippen LogP contribution in [0.25, 0.3) is 49.7 Å². The molecule has 0 saturated heterocycles. The third-order valence-electron chi connectivity index (χ3n) is 13.6. The number of anilines is 2. The zero-order valence-electron chi connectivity index (χ0n) is 32.3. The fourth-order valence-electron chi connectivity index (χ4n) is 11.1. The van der Waals surface area contributed by atoms with Crippen LogP contribution < -0.4 is 4.90 Å². The van der Waals surface area contributed by atoms with Gasteiger partial charge in [0.2, 0.25) is 0 Å². The fourth-order valence-corrected chi connectivity index (χ4v) is 11.1. The first-order valence-corrected chi connectivity index (χ1v) is 20.4. The average molecular weight is 728 g/mol. The molecule has 1 heteroatoms. The fraction of sp³-hybridized carbons (Fsp3) is 0.107. The summed E-state index contributed by atoms with van der Waals surface area (Å²) < 4.78 is 0. The van der Waals surface area contributed by atoms with Gasteiger partial charge in [0, 0.05) is 22.2 Å². The zero-order valence-corrected chi connectivity index (χ0v) is 32.3. The topological polar surface area (TPSA) is 3.24 Å². The van der Waals surface area contributed by atoms with Crippen LogP contribution >= 0.6 is 0 Å². The quantitative estimate of drug-likeness (QED) is 0.174. The van der Waals surface area contributed by atoms with Crippen LogP contribution in [0.4, 0.5) is 11.4 Å². The SMILES string of the molecule is CC1(C)c2ccccc2-c2c(N(C3=CCCC4=C3c3ccccc3C43c4ccccc4-c4cc5ccccc5cc43)c3ccc(-c4ccccc4)cc3)cccc21. The molecule has 0 aliphatic heterocycles. The molecule has 0 saturated carbocycles. The van der Waals surface area contributed by atoms with E-state index >= 15 is 0 Å². The maximum atomic E-state index is 2.61. The predicted molar refractivity (Wildman–Crippen MR) is 238 cm³/mol. The van der Waals surface area contributed by atoms with Gasteiger partial charge >= 0.3 is 0 Å². The lowest BCUT2D eigenvalue weighted by Crippen LogP contribution is -2.28. The van der Waals surface area contributed by atoms with Crippen molar-refractivity contribution >= 4 is 27.7 Å². The molecular weight excluding hydrogens is 687 g/mol. The smallest absolute Gasteiger partial charge is 0.0689 e. The molecule has 1 atom stereocenters. The van der Waals surface area contributed by atoms with E-state index in [4.69, 9.17) is 0 Å². The highest BCUT2D eigenvalue weighted by Gasteiger charge is 2.54. The van der Waals surface area contributed by atoms with Crippen LogP contribution in [0.15, 0.2) is 199 Å². The van der Waals surface area contributed by atoms with Crippen molar-refractivity contribution in [2.45, 2.75) is 37.5 Å². The van der Waals surface area contributed by atoms with E-state index < -0.39 is 0 Å². The van der Waals surface area contributed by atoms with Crippen molar-refractivity contribution < 1.29 is 0 Å². The Balaban J connectivity index is 1.15. The summed E-state index contributed by atoms with van der Waals surface area (Å²) in [7, 11) is 0. The molecule has 57 heavy (non-hydrogen) atoms. The largest absolute Gasteiger partial charge is 0.310 e. The van der Waals surface area contributed by atoms with Crippen LogP contribution in [-0.2, 0) is 10.8 Å². The Kier molecular flexibility index (Phi) is 6.79. The standard InChI is InChI=1S/C56H41N/c1-55(2)45-23-11-9-21-42(45)53-48(55)26-14-28-51(53)57(40-32-30-37(31-33-40)36-16-4-3-5-17-36)52-29-15-27-49-54(52)43-22-10-13-25-47(43)56(49)46-24-12-8-20-41(46)44-34-38-18-6-7-19-39(38)35-50(44)56/h3-14,16-26,28-35H,15,27H2,1-2H3. The molecule has 1 unspecified atom stereocenters. The Labute approximate surface area is 334 Å². The molecule has 1 nitrogen and oxygen atoms in total. The second-order valence-electron chi connectivity index (χ2n) is 16.7. The van der Waals surface area contributed by atoms with Gasteiger partial charge in [-0.25, -0.2) is 0 Å². The maximum absolute atomic E-state index is 2.61. The van der Waals surface area contributed by atoms with E-state index in [0.29, 0.717) is 0 Å². The van der Waals surface area contributed by atoms with Crippen molar-refractivity contribution in [1.82, 2.24) is 0 Å². The van der Waals surface area contributed by atoms with Crippen molar-refractivity contribution in [3.63, 3.8) is 0 Å². The summed E-state index contributed by atoms with van der Waals surface area (Å²) in [5.41, 5.74) is 22.2. The van der Waals surface area contributed by atoms with Crippen LogP contribution in [0.3, 0.4) is 0 Å². The summed E-state index contributed by atoms with van der Waals surface area (Å²) in [6.07, 6.45) is 4.50. The average Bonchev–Trinajstić information content (AvgIpc) is 3.82. The molecule has 0 heterocycles. The van der Waals surface area contributed by atoms with Crippen molar-refractivity contribution in [2.75, 3.05) is 4.90 Å². The third kappa shape index (κ3) is 4.35. The molecule has 270 valence electrons. The van der Waals surface area contributed by atoms with Gasteiger partial charge in [-0.15, -0.1) is 0 Å². The number of fused-ring (bicyclic) bond motifs is 13. The Morgan fingerprint density at radius 3 is 1.82 bits per heavy atom. The second kappa shape index (κ2) is 11.9. The Morgan fingerprint density at radius 1 is 0.456 bits per heavy atom. The molecule has 1 spiro atoms. The first-order chi connectivity index (χ1) is 28.0. The van der Waals surface area contributed by atoms with Gasteiger partial charge in [-0.2, -0.15) is 0 Å². The highest BCUT2D eigenvalue weighted by atomic mass is 15.2. The second-order valence-corrected chi connectivity index (χ2v) is 16.7. The highest BCUT2D eigenvalue weighted by Crippen LogP contribution is 2.66. The van der Waals surface area contributed by atoms with E-state index in [9.17, 15) is 0 Å². The molecule has 4 aliphatic carbocycles. The lowest BCUT2D eigenvalue weighted by Gasteiger charge is -2.36. The number of benzene rings is 8. The molecule has 8 aromatic carbocycles. The van der Waals surface area contributed by atoms with Crippen molar-refractivity contribution in [1.29, 1.82) is 0 Å². The monoisotopic (exact) mass is 727 g/mol. The summed E-state index contributed by atoms with van der Waals surface area (Å²) in [6, 6.07) is 68.5. The number of rotatable bonds is 4. The summed E-state index contributed by atoms with van der Waals surface area (Å²) in [5.74, 6) is 0. The van der Waals surface area contributed by atoms with E-state index in [2.05, 4.69) is 207 Å². The minimum Gasteiger partial charge on any atom is -0.310 e. The molecule has 8 aromatic rings. The van der Waals surface area contributed by atoms with Gasteiger partial charge in [0.05, 0.1) is 16.8 Å². The minimum absolute atomic E-state index is 0.111. The Hall–Kier alpha value is -6.70. The molecule has 0 fully saturated rings. The van der Waals surface area contributed by atoms with Crippen molar-refractivity contribution in [3.8, 4) is 33.4 Å². The summed E-state index contributed by atoms with van der Waals surface area (Å²) >= 11 is 0. The van der Waals surface area contributed by atoms with Crippen molar-refractivity contribution in [3.05, 3.63) is 233 Å². The number of nitrogens with zero attached hydrogens (tertiary/aromatic N) is 1. The first-order valence-electron chi connectivity index (χ1n) is 20.4. The molecular formula is C56H41N. The lowest BCUT2D eigenvalue weighted by atomic mass is 9.68. The molecule has 0 amide bonds. The Morgan fingerprint density at radius 2 is 1.05 bits per heavy atom. The van der Waals surface area contributed by atoms with Crippen LogP contribution in [-0.4, -0.2) is 0 Å². The van der Waals surface area contributed by atoms with E-state index in [-0.39, 0.29) is 10.8 Å². The van der Waals surface area contributed by atoms with Gasteiger partial charge < -0.3 is 4.90 Å². The van der Waals surface area contributed by atoms with Gasteiger partial charge in [0.15, 0.2) is 0 Å². The molecule has 0 N–H and O–H groups in total. The molecule has 0 bridgehead atoms. The van der Waals surface area contributed by atoms with Gasteiger partial charge in [0.1, 0.15) is 0 Å². The van der Waals surface area contributed by atoms with E-state index in [1.54, 1.807) is 0 Å². The van der Waals surface area contributed by atoms with Gasteiger partial charge in [0.25, 0.3) is 0 Å². The van der Waals surface area contributed by atoms with Crippen molar-refractivity contribution in [2.24, 2.45) is 0 Å². The normalized spacial score (nSPS) is 17.8. The molecule has 0 radical (unpaired) electrons. The zero-order chi connectivity index (χ0) is 37.9. The third-order valence-corrected chi connectivity index (χ3v) is 13.6. The van der Waals surface area contributed by atoms with Crippen LogP contribution in [0.2, 0.25) is 0 Å². The van der Waals surface area contributed by atoms with Gasteiger partial charge in [-0.1, -0.05) is 172 Å². The number of hydrogen-bond acceptors (Lipinski definition) is 1. The first kappa shape index (κ1) is 32.5. The summed E-state index contributed by atoms with van der Waals surface area (Å²) in [4.78, 5) is 2.61. The molecule has 4 aliphatic rings. The minimum atomic E-state index is -0.378. The van der Waals surface area contributed by atoms with Gasteiger partial charge in [-0.3, -0.25) is 0 Å². The predicted octanol–water partition coefficient (Wildman–Crippen LogP) is 14.4. The van der Waals surface area contributed by atoms with E-state index in [1.165, 1.54) is 106 Å². The maximum Gasteiger partial charge on any atom is 0.0689 e. The lowest BCUT2D eigenvalue weighted by molar-refractivity contribution is 0.660. The van der Waals surface area contributed by atoms with Gasteiger partial charge in [-0.05, 0) is 121 Å². The van der Waals surface area contributed by atoms with Crippen LogP contribution in [0.5, 0.6) is 0 Å². The highest BCUT2D eigenvalue weighted by molar-refractivity contribution is 6.05. The molecule has 12 rings (SSSR count).